The summed E-state index contributed by atoms with van der Waals surface area (Å²) in [7, 11) is 0. The average molecular weight is 402 g/mol. The summed E-state index contributed by atoms with van der Waals surface area (Å²) in [6.45, 7) is 2.89. The van der Waals surface area contributed by atoms with Gasteiger partial charge >= 0.3 is 0 Å². The number of aromatic amines is 1. The van der Waals surface area contributed by atoms with Crippen LogP contribution in [0.2, 0.25) is 0 Å². The standard InChI is InChI=1S/C21H18N6OS/c22-13-18-17(12-14-5-6-15-3-1-2-4-16(15)11-14)19(20-23-25-26-24-20)29-21(18)27-7-9-28-10-8-27/h1-6,11H,7-10,12H2,(H,23,24,25,26). The van der Waals surface area contributed by atoms with Crippen LogP contribution in [0.15, 0.2) is 42.5 Å². The zero-order chi connectivity index (χ0) is 19.6. The van der Waals surface area contributed by atoms with Crippen LogP contribution in [-0.2, 0) is 11.2 Å². The molecule has 2 aromatic carbocycles. The third-order valence-electron chi connectivity index (χ3n) is 5.15. The molecule has 5 rings (SSSR count). The molecule has 1 saturated heterocycles. The lowest BCUT2D eigenvalue weighted by Crippen LogP contribution is -2.36. The summed E-state index contributed by atoms with van der Waals surface area (Å²) < 4.78 is 5.48. The summed E-state index contributed by atoms with van der Waals surface area (Å²) >= 11 is 1.57. The van der Waals surface area contributed by atoms with Gasteiger partial charge in [-0.05, 0) is 32.3 Å². The summed E-state index contributed by atoms with van der Waals surface area (Å²) in [5, 5.41) is 27.8. The fourth-order valence-electron chi connectivity index (χ4n) is 3.72. The molecule has 1 fully saturated rings. The minimum Gasteiger partial charge on any atom is -0.378 e. The van der Waals surface area contributed by atoms with Gasteiger partial charge in [0.15, 0.2) is 5.82 Å². The topological polar surface area (TPSA) is 90.7 Å². The second-order valence-electron chi connectivity index (χ2n) is 6.91. The summed E-state index contributed by atoms with van der Waals surface area (Å²) in [4.78, 5) is 3.14. The van der Waals surface area contributed by atoms with Crippen molar-refractivity contribution >= 4 is 27.1 Å². The first-order chi connectivity index (χ1) is 14.3. The number of hydrogen-bond donors (Lipinski definition) is 1. The molecule has 1 N–H and O–H groups in total. The van der Waals surface area contributed by atoms with Gasteiger partial charge in [-0.2, -0.15) is 5.26 Å². The molecular weight excluding hydrogens is 384 g/mol. The summed E-state index contributed by atoms with van der Waals surface area (Å²) in [6, 6.07) is 17.2. The number of nitrogens with zero attached hydrogens (tertiary/aromatic N) is 5. The molecule has 1 aliphatic rings. The molecule has 8 heteroatoms. The number of nitriles is 1. The van der Waals surface area contributed by atoms with E-state index in [-0.39, 0.29) is 0 Å². The quantitative estimate of drug-likeness (QED) is 0.563. The molecule has 3 heterocycles. The Kier molecular flexibility index (Phi) is 4.68. The third kappa shape index (κ3) is 3.35. The molecule has 0 saturated carbocycles. The van der Waals surface area contributed by atoms with Crippen LogP contribution in [0.3, 0.4) is 0 Å². The maximum atomic E-state index is 10.0. The highest BCUT2D eigenvalue weighted by Crippen LogP contribution is 2.42. The minimum absolute atomic E-state index is 0.599. The van der Waals surface area contributed by atoms with Gasteiger partial charge in [-0.15, -0.1) is 16.4 Å². The number of hydrogen-bond acceptors (Lipinski definition) is 7. The van der Waals surface area contributed by atoms with Gasteiger partial charge < -0.3 is 9.64 Å². The molecule has 7 nitrogen and oxygen atoms in total. The third-order valence-corrected chi connectivity index (χ3v) is 6.45. The first kappa shape index (κ1) is 17.8. The molecule has 2 aromatic heterocycles. The van der Waals surface area contributed by atoms with Gasteiger partial charge in [0.2, 0.25) is 0 Å². The Labute approximate surface area is 171 Å². The van der Waals surface area contributed by atoms with Gasteiger partial charge in [-0.3, -0.25) is 0 Å². The molecule has 0 spiro atoms. The number of nitrogens with one attached hydrogen (secondary N) is 1. The zero-order valence-corrected chi connectivity index (χ0v) is 16.4. The highest BCUT2D eigenvalue weighted by atomic mass is 32.1. The molecule has 0 bridgehead atoms. The van der Waals surface area contributed by atoms with Crippen molar-refractivity contribution in [1.82, 2.24) is 20.6 Å². The van der Waals surface area contributed by atoms with E-state index < -0.39 is 0 Å². The van der Waals surface area contributed by atoms with E-state index in [0.717, 1.165) is 34.1 Å². The van der Waals surface area contributed by atoms with Crippen LogP contribution in [0.4, 0.5) is 5.00 Å². The number of fused-ring (bicyclic) bond motifs is 1. The summed E-state index contributed by atoms with van der Waals surface area (Å²) in [5.74, 6) is 0.599. The maximum Gasteiger partial charge on any atom is 0.189 e. The lowest BCUT2D eigenvalue weighted by Gasteiger charge is -2.27. The van der Waals surface area contributed by atoms with Crippen LogP contribution in [0.5, 0.6) is 0 Å². The minimum atomic E-state index is 0.599. The molecule has 0 atom stereocenters. The number of aromatic nitrogens is 4. The van der Waals surface area contributed by atoms with E-state index in [0.29, 0.717) is 31.0 Å². The Morgan fingerprint density at radius 2 is 1.97 bits per heavy atom. The number of rotatable bonds is 4. The fourth-order valence-corrected chi connectivity index (χ4v) is 4.98. The van der Waals surface area contributed by atoms with Crippen LogP contribution < -0.4 is 4.90 Å². The van der Waals surface area contributed by atoms with Crippen molar-refractivity contribution in [3.8, 4) is 16.8 Å². The molecule has 0 radical (unpaired) electrons. The van der Waals surface area contributed by atoms with E-state index in [9.17, 15) is 5.26 Å². The van der Waals surface area contributed by atoms with Gasteiger partial charge in [0, 0.05) is 19.5 Å². The smallest absolute Gasteiger partial charge is 0.189 e. The van der Waals surface area contributed by atoms with Crippen molar-refractivity contribution in [3.63, 3.8) is 0 Å². The van der Waals surface area contributed by atoms with Gasteiger partial charge in [0.05, 0.1) is 23.7 Å². The number of benzene rings is 2. The van der Waals surface area contributed by atoms with E-state index in [1.54, 1.807) is 11.3 Å². The van der Waals surface area contributed by atoms with Crippen LogP contribution in [0.1, 0.15) is 16.7 Å². The highest BCUT2D eigenvalue weighted by Gasteiger charge is 2.26. The van der Waals surface area contributed by atoms with Crippen molar-refractivity contribution in [2.24, 2.45) is 0 Å². The second kappa shape index (κ2) is 7.62. The molecule has 1 aliphatic heterocycles. The van der Waals surface area contributed by atoms with Crippen LogP contribution in [-0.4, -0.2) is 46.9 Å². The number of anilines is 1. The van der Waals surface area contributed by atoms with Crippen molar-refractivity contribution in [3.05, 3.63) is 59.2 Å². The van der Waals surface area contributed by atoms with Crippen molar-refractivity contribution < 1.29 is 4.74 Å². The maximum absolute atomic E-state index is 10.0. The summed E-state index contributed by atoms with van der Waals surface area (Å²) in [5.41, 5.74) is 2.82. The molecule has 0 aliphatic carbocycles. The van der Waals surface area contributed by atoms with Gasteiger partial charge in [0.1, 0.15) is 11.1 Å². The average Bonchev–Trinajstić information content (AvgIpc) is 3.42. The normalized spacial score (nSPS) is 14.2. The van der Waals surface area contributed by atoms with Gasteiger partial charge in [0.25, 0.3) is 0 Å². The van der Waals surface area contributed by atoms with Gasteiger partial charge in [-0.1, -0.05) is 42.5 Å². The van der Waals surface area contributed by atoms with Crippen molar-refractivity contribution in [1.29, 1.82) is 5.26 Å². The Morgan fingerprint density at radius 1 is 1.14 bits per heavy atom. The molecule has 0 unspecified atom stereocenters. The largest absolute Gasteiger partial charge is 0.378 e. The lowest BCUT2D eigenvalue weighted by molar-refractivity contribution is 0.123. The van der Waals surface area contributed by atoms with Crippen LogP contribution in [0.25, 0.3) is 21.5 Å². The van der Waals surface area contributed by atoms with Crippen LogP contribution >= 0.6 is 11.3 Å². The van der Waals surface area contributed by atoms with Gasteiger partial charge in [-0.25, -0.2) is 5.10 Å². The molecule has 4 aromatic rings. The first-order valence-electron chi connectivity index (χ1n) is 9.43. The van der Waals surface area contributed by atoms with Crippen molar-refractivity contribution in [2.45, 2.75) is 6.42 Å². The van der Waals surface area contributed by atoms with E-state index in [4.69, 9.17) is 4.74 Å². The number of tetrazole rings is 1. The van der Waals surface area contributed by atoms with E-state index in [1.807, 2.05) is 12.1 Å². The Morgan fingerprint density at radius 3 is 2.72 bits per heavy atom. The lowest BCUT2D eigenvalue weighted by atomic mass is 9.98. The molecule has 144 valence electrons. The zero-order valence-electron chi connectivity index (χ0n) is 15.6. The molecule has 29 heavy (non-hydrogen) atoms. The Hall–Kier alpha value is -3.28. The Bertz CT molecular complexity index is 1190. The predicted molar refractivity (Wildman–Crippen MR) is 112 cm³/mol. The number of morpholine rings is 1. The monoisotopic (exact) mass is 402 g/mol. The number of ether oxygens (including phenoxy) is 1. The first-order valence-corrected chi connectivity index (χ1v) is 10.3. The predicted octanol–water partition coefficient (Wildman–Crippen LogP) is 3.38. The molecule has 0 amide bonds. The highest BCUT2D eigenvalue weighted by molar-refractivity contribution is 7.19. The summed E-state index contributed by atoms with van der Waals surface area (Å²) in [6.07, 6.45) is 0.643. The Balaban J connectivity index is 1.61. The van der Waals surface area contributed by atoms with E-state index >= 15 is 0 Å². The van der Waals surface area contributed by atoms with Crippen molar-refractivity contribution in [2.75, 3.05) is 31.2 Å². The fraction of sp³-hybridized carbons (Fsp3) is 0.238. The molecular formula is C21H18N6OS. The SMILES string of the molecule is N#Cc1c(N2CCOCC2)sc(-c2nnn[nH]2)c1Cc1ccc2ccccc2c1. The van der Waals surface area contributed by atoms with E-state index in [2.05, 4.69) is 61.9 Å². The second-order valence-corrected chi connectivity index (χ2v) is 7.91. The number of H-pyrrole nitrogens is 1. The van der Waals surface area contributed by atoms with Crippen LogP contribution in [0, 0.1) is 11.3 Å². The number of thiophene rings is 1. The van der Waals surface area contributed by atoms with E-state index in [1.165, 1.54) is 10.8 Å².